The molecule has 0 radical (unpaired) electrons. The monoisotopic (exact) mass is 338 g/mol. The van der Waals surface area contributed by atoms with Gasteiger partial charge in [-0.1, -0.05) is 37.0 Å². The lowest BCUT2D eigenvalue weighted by Gasteiger charge is -2.10. The average Bonchev–Trinajstić information content (AvgIpc) is 2.30. The van der Waals surface area contributed by atoms with Gasteiger partial charge in [-0.25, -0.2) is 13.6 Å². The highest BCUT2D eigenvalue weighted by Gasteiger charge is 2.19. The molecule has 0 aliphatic carbocycles. The van der Waals surface area contributed by atoms with E-state index in [0.29, 0.717) is 12.5 Å². The number of nitrogens with two attached hydrogens (primary N) is 1. The first-order valence-electron chi connectivity index (χ1n) is 5.93. The van der Waals surface area contributed by atoms with E-state index in [1.807, 2.05) is 13.8 Å². The number of sulfonamides is 1. The van der Waals surface area contributed by atoms with Crippen molar-refractivity contribution in [2.24, 2.45) is 11.1 Å². The molecule has 0 aromatic heterocycles. The number of amides is 1. The van der Waals surface area contributed by atoms with Crippen LogP contribution in [0.4, 0.5) is 0 Å². The molecule has 0 atom stereocenters. The first kappa shape index (κ1) is 17.2. The standard InChI is InChI=1S/C12H16Cl2N2O3S/c1-7(2)3-4-16-12(17)8-5-9(13)11(14)10(6-8)20(15,18)19/h5-7H,3-4H2,1-2H3,(H,16,17)(H2,15,18,19). The van der Waals surface area contributed by atoms with E-state index in [1.165, 1.54) is 6.07 Å². The van der Waals surface area contributed by atoms with Gasteiger partial charge in [-0.15, -0.1) is 0 Å². The largest absolute Gasteiger partial charge is 0.352 e. The van der Waals surface area contributed by atoms with Crippen LogP contribution < -0.4 is 10.5 Å². The van der Waals surface area contributed by atoms with Crippen molar-refractivity contribution in [2.75, 3.05) is 6.54 Å². The number of carbonyl (C=O) groups is 1. The number of rotatable bonds is 5. The summed E-state index contributed by atoms with van der Waals surface area (Å²) in [6, 6.07) is 2.43. The summed E-state index contributed by atoms with van der Waals surface area (Å²) in [5, 5.41) is 7.49. The highest BCUT2D eigenvalue weighted by atomic mass is 35.5. The molecular weight excluding hydrogens is 323 g/mol. The number of primary sulfonamides is 1. The van der Waals surface area contributed by atoms with E-state index in [4.69, 9.17) is 28.3 Å². The fourth-order valence-corrected chi connectivity index (χ4v) is 2.84. The zero-order valence-electron chi connectivity index (χ0n) is 11.1. The Hall–Kier alpha value is -0.820. The first-order valence-corrected chi connectivity index (χ1v) is 8.23. The Bertz CT molecular complexity index is 615. The van der Waals surface area contributed by atoms with Gasteiger partial charge in [0.05, 0.1) is 10.0 Å². The SMILES string of the molecule is CC(C)CCNC(=O)c1cc(Cl)c(Cl)c(S(N)(=O)=O)c1. The fraction of sp³-hybridized carbons (Fsp3) is 0.417. The molecule has 3 N–H and O–H groups in total. The van der Waals surface area contributed by atoms with E-state index >= 15 is 0 Å². The number of carbonyl (C=O) groups excluding carboxylic acids is 1. The molecule has 8 heteroatoms. The molecular formula is C12H16Cl2N2O3S. The summed E-state index contributed by atoms with van der Waals surface area (Å²) in [6.07, 6.45) is 0.815. The van der Waals surface area contributed by atoms with E-state index in [-0.39, 0.29) is 20.5 Å². The topological polar surface area (TPSA) is 89.3 Å². The van der Waals surface area contributed by atoms with E-state index < -0.39 is 15.9 Å². The molecule has 0 fully saturated rings. The summed E-state index contributed by atoms with van der Waals surface area (Å²) < 4.78 is 22.8. The summed E-state index contributed by atoms with van der Waals surface area (Å²) in [7, 11) is -4.04. The Morgan fingerprint density at radius 1 is 1.35 bits per heavy atom. The molecule has 0 bridgehead atoms. The quantitative estimate of drug-likeness (QED) is 0.863. The van der Waals surface area contributed by atoms with Gasteiger partial charge < -0.3 is 5.32 Å². The summed E-state index contributed by atoms with van der Waals surface area (Å²) in [5.74, 6) is 0.0261. The molecule has 112 valence electrons. The molecule has 1 aromatic rings. The molecule has 1 rings (SSSR count). The second-order valence-corrected chi connectivity index (χ2v) is 7.07. The van der Waals surface area contributed by atoms with Gasteiger partial charge in [0.25, 0.3) is 5.91 Å². The van der Waals surface area contributed by atoms with Crippen LogP contribution in [0.1, 0.15) is 30.6 Å². The Labute approximate surface area is 128 Å². The van der Waals surface area contributed by atoms with Gasteiger partial charge in [-0.3, -0.25) is 4.79 Å². The van der Waals surface area contributed by atoms with Crippen molar-refractivity contribution in [3.05, 3.63) is 27.7 Å². The number of hydrogen-bond donors (Lipinski definition) is 2. The molecule has 0 spiro atoms. The van der Waals surface area contributed by atoms with Crippen LogP contribution in [0.3, 0.4) is 0 Å². The van der Waals surface area contributed by atoms with Crippen LogP contribution in [-0.4, -0.2) is 20.9 Å². The van der Waals surface area contributed by atoms with Crippen LogP contribution in [0.25, 0.3) is 0 Å². The average molecular weight is 339 g/mol. The van der Waals surface area contributed by atoms with Gasteiger partial charge in [0.15, 0.2) is 0 Å². The lowest BCUT2D eigenvalue weighted by molar-refractivity contribution is 0.0952. The molecule has 0 heterocycles. The van der Waals surface area contributed by atoms with Crippen LogP contribution >= 0.6 is 23.2 Å². The highest BCUT2D eigenvalue weighted by molar-refractivity contribution is 7.89. The third-order valence-electron chi connectivity index (χ3n) is 2.57. The maximum atomic E-state index is 11.9. The zero-order chi connectivity index (χ0) is 15.5. The lowest BCUT2D eigenvalue weighted by atomic mass is 10.1. The maximum Gasteiger partial charge on any atom is 0.251 e. The molecule has 0 aliphatic heterocycles. The summed E-state index contributed by atoms with van der Waals surface area (Å²) >= 11 is 11.6. The van der Waals surface area contributed by atoms with Crippen LogP contribution in [0.15, 0.2) is 17.0 Å². The van der Waals surface area contributed by atoms with Crippen LogP contribution in [0.2, 0.25) is 10.0 Å². The minimum Gasteiger partial charge on any atom is -0.352 e. The van der Waals surface area contributed by atoms with E-state index in [1.54, 1.807) is 0 Å². The van der Waals surface area contributed by atoms with Gasteiger partial charge >= 0.3 is 0 Å². The van der Waals surface area contributed by atoms with Crippen molar-refractivity contribution in [1.82, 2.24) is 5.32 Å². The van der Waals surface area contributed by atoms with Crippen molar-refractivity contribution in [1.29, 1.82) is 0 Å². The maximum absolute atomic E-state index is 11.9. The van der Waals surface area contributed by atoms with Gasteiger partial charge in [0, 0.05) is 12.1 Å². The van der Waals surface area contributed by atoms with Crippen LogP contribution in [0.5, 0.6) is 0 Å². The predicted molar refractivity (Wildman–Crippen MR) is 79.6 cm³/mol. The molecule has 0 saturated heterocycles. The third kappa shape index (κ3) is 4.63. The minimum absolute atomic E-state index is 0.0350. The fourth-order valence-electron chi connectivity index (χ4n) is 1.48. The van der Waals surface area contributed by atoms with Gasteiger partial charge in [-0.2, -0.15) is 0 Å². The van der Waals surface area contributed by atoms with Gasteiger partial charge in [-0.05, 0) is 24.5 Å². The molecule has 1 aromatic carbocycles. The third-order valence-corrected chi connectivity index (χ3v) is 4.42. The first-order chi connectivity index (χ1) is 9.12. The lowest BCUT2D eigenvalue weighted by Crippen LogP contribution is -2.26. The Morgan fingerprint density at radius 2 is 1.95 bits per heavy atom. The number of nitrogens with one attached hydrogen (secondary N) is 1. The van der Waals surface area contributed by atoms with E-state index in [2.05, 4.69) is 5.32 Å². The van der Waals surface area contributed by atoms with Gasteiger partial charge in [0.1, 0.15) is 4.90 Å². The second-order valence-electron chi connectivity index (χ2n) is 4.75. The number of hydrogen-bond acceptors (Lipinski definition) is 3. The Balaban J connectivity index is 3.03. The highest BCUT2D eigenvalue weighted by Crippen LogP contribution is 2.30. The van der Waals surface area contributed by atoms with E-state index in [9.17, 15) is 13.2 Å². The smallest absolute Gasteiger partial charge is 0.251 e. The molecule has 20 heavy (non-hydrogen) atoms. The normalized spacial score (nSPS) is 11.7. The van der Waals surface area contributed by atoms with Crippen molar-refractivity contribution in [3.8, 4) is 0 Å². The van der Waals surface area contributed by atoms with E-state index in [0.717, 1.165) is 12.5 Å². The molecule has 0 aliphatic rings. The Morgan fingerprint density at radius 3 is 2.45 bits per heavy atom. The zero-order valence-corrected chi connectivity index (χ0v) is 13.4. The molecule has 1 amide bonds. The van der Waals surface area contributed by atoms with Crippen LogP contribution in [0, 0.1) is 5.92 Å². The molecule has 0 saturated carbocycles. The summed E-state index contributed by atoms with van der Waals surface area (Å²) in [6.45, 7) is 4.55. The van der Waals surface area contributed by atoms with Crippen molar-refractivity contribution in [3.63, 3.8) is 0 Å². The number of halogens is 2. The van der Waals surface area contributed by atoms with Crippen molar-refractivity contribution in [2.45, 2.75) is 25.2 Å². The van der Waals surface area contributed by atoms with Crippen molar-refractivity contribution < 1.29 is 13.2 Å². The number of benzene rings is 1. The predicted octanol–water partition coefficient (Wildman–Crippen LogP) is 2.42. The summed E-state index contributed by atoms with van der Waals surface area (Å²) in [5.41, 5.74) is 0.104. The summed E-state index contributed by atoms with van der Waals surface area (Å²) in [4.78, 5) is 11.6. The van der Waals surface area contributed by atoms with Crippen LogP contribution in [-0.2, 0) is 10.0 Å². The van der Waals surface area contributed by atoms with Gasteiger partial charge in [0.2, 0.25) is 10.0 Å². The van der Waals surface area contributed by atoms with Crippen molar-refractivity contribution >= 4 is 39.1 Å². The molecule has 5 nitrogen and oxygen atoms in total. The minimum atomic E-state index is -4.04. The Kier molecular flexibility index (Phi) is 5.82. The second kappa shape index (κ2) is 6.76. The molecule has 0 unspecified atom stereocenters.